The molecule has 2 atom stereocenters. The predicted molar refractivity (Wildman–Crippen MR) is 104 cm³/mol. The highest BCUT2D eigenvalue weighted by molar-refractivity contribution is 6.07. The molecule has 1 aliphatic heterocycles. The largest absolute Gasteiger partial charge is 0.497 e. The maximum absolute atomic E-state index is 13.2. The summed E-state index contributed by atoms with van der Waals surface area (Å²) >= 11 is 0. The molecule has 0 bridgehead atoms. The van der Waals surface area contributed by atoms with Crippen molar-refractivity contribution >= 4 is 5.78 Å². The maximum atomic E-state index is 13.2. The minimum absolute atomic E-state index is 0.165. The lowest BCUT2D eigenvalue weighted by Gasteiger charge is -2.38. The molecule has 0 aliphatic carbocycles. The summed E-state index contributed by atoms with van der Waals surface area (Å²) in [5, 5.41) is 11.1. The highest BCUT2D eigenvalue weighted by Crippen LogP contribution is 2.45. The first-order valence-corrected chi connectivity index (χ1v) is 8.93. The summed E-state index contributed by atoms with van der Waals surface area (Å²) < 4.78 is 22.2. The number of carbonyl (C=O) groups is 1. The molecule has 0 radical (unpaired) electrons. The molecule has 28 heavy (non-hydrogen) atoms. The molecule has 1 heterocycles. The number of Topliss-reactive ketones (excluding diaryl/α,β-unsaturated/α-hetero) is 1. The first-order chi connectivity index (χ1) is 13.4. The minimum Gasteiger partial charge on any atom is -0.497 e. The van der Waals surface area contributed by atoms with Crippen LogP contribution in [0.4, 0.5) is 0 Å². The fourth-order valence-corrected chi connectivity index (χ4v) is 3.07. The van der Waals surface area contributed by atoms with E-state index in [0.29, 0.717) is 35.8 Å². The third-order valence-electron chi connectivity index (χ3n) is 4.66. The summed E-state index contributed by atoms with van der Waals surface area (Å²) in [5.41, 5.74) is 1.72. The molecule has 0 saturated carbocycles. The van der Waals surface area contributed by atoms with Gasteiger partial charge in [0.25, 0.3) is 5.79 Å². The summed E-state index contributed by atoms with van der Waals surface area (Å²) in [6.07, 6.45) is -0.379. The molecule has 0 aromatic heterocycles. The molecule has 0 fully saturated rings. The molecule has 0 spiro atoms. The van der Waals surface area contributed by atoms with E-state index in [2.05, 4.69) is 6.58 Å². The molecule has 2 unspecified atom stereocenters. The van der Waals surface area contributed by atoms with Crippen LogP contribution >= 0.6 is 0 Å². The Labute approximate surface area is 164 Å². The van der Waals surface area contributed by atoms with E-state index in [-0.39, 0.29) is 5.56 Å². The fraction of sp³-hybridized carbons (Fsp3) is 0.318. The van der Waals surface area contributed by atoms with Crippen molar-refractivity contribution in [2.45, 2.75) is 25.2 Å². The molecule has 0 amide bonds. The molecular formula is C22H24O6. The van der Waals surface area contributed by atoms with Gasteiger partial charge in [-0.15, -0.1) is 6.58 Å². The number of hydrogen-bond acceptors (Lipinski definition) is 6. The van der Waals surface area contributed by atoms with Gasteiger partial charge in [-0.3, -0.25) is 4.79 Å². The van der Waals surface area contributed by atoms with Crippen LogP contribution < -0.4 is 14.2 Å². The summed E-state index contributed by atoms with van der Waals surface area (Å²) in [7, 11) is 2.83. The second-order valence-electron chi connectivity index (χ2n) is 6.69. The van der Waals surface area contributed by atoms with Gasteiger partial charge in [0.2, 0.25) is 5.78 Å². The van der Waals surface area contributed by atoms with Crippen molar-refractivity contribution in [2.24, 2.45) is 0 Å². The summed E-state index contributed by atoms with van der Waals surface area (Å²) in [6, 6.07) is 12.0. The monoisotopic (exact) mass is 384 g/mol. The van der Waals surface area contributed by atoms with E-state index in [0.717, 1.165) is 5.57 Å². The Morgan fingerprint density at radius 2 is 1.93 bits per heavy atom. The van der Waals surface area contributed by atoms with E-state index < -0.39 is 17.7 Å². The van der Waals surface area contributed by atoms with E-state index in [1.807, 2.05) is 6.92 Å². The van der Waals surface area contributed by atoms with Gasteiger partial charge in [-0.1, -0.05) is 23.8 Å². The Kier molecular flexibility index (Phi) is 5.72. The SMILES string of the molecule is C=C(C)CCOc1cccc2c1C(=O)C(O)(OC)C(c1ccc(OC)cc1)O2. The Bertz CT molecular complexity index is 873. The Morgan fingerprint density at radius 1 is 1.21 bits per heavy atom. The fourth-order valence-electron chi connectivity index (χ4n) is 3.07. The molecule has 1 N–H and O–H groups in total. The van der Waals surface area contributed by atoms with Crippen molar-refractivity contribution in [3.05, 3.63) is 65.7 Å². The Hall–Kier alpha value is -2.83. The smallest absolute Gasteiger partial charge is 0.274 e. The van der Waals surface area contributed by atoms with Gasteiger partial charge in [-0.2, -0.15) is 0 Å². The van der Waals surface area contributed by atoms with Crippen molar-refractivity contribution in [2.75, 3.05) is 20.8 Å². The lowest BCUT2D eigenvalue weighted by atomic mass is 9.89. The molecule has 1 aliphatic rings. The van der Waals surface area contributed by atoms with E-state index >= 15 is 0 Å². The molecule has 6 nitrogen and oxygen atoms in total. The van der Waals surface area contributed by atoms with Crippen LogP contribution in [0.1, 0.15) is 35.4 Å². The van der Waals surface area contributed by atoms with Crippen LogP contribution in [0, 0.1) is 0 Å². The van der Waals surface area contributed by atoms with Gasteiger partial charge in [0.15, 0.2) is 6.10 Å². The third-order valence-corrected chi connectivity index (χ3v) is 4.66. The molecule has 6 heteroatoms. The van der Waals surface area contributed by atoms with Gasteiger partial charge >= 0.3 is 0 Å². The van der Waals surface area contributed by atoms with Crippen LogP contribution in [0.25, 0.3) is 0 Å². The number of ether oxygens (including phenoxy) is 4. The normalized spacial score (nSPS) is 20.9. The average molecular weight is 384 g/mol. The number of ketones is 1. The van der Waals surface area contributed by atoms with Crippen LogP contribution in [-0.2, 0) is 4.74 Å². The quantitative estimate of drug-likeness (QED) is 0.580. The number of rotatable bonds is 7. The highest BCUT2D eigenvalue weighted by Gasteiger charge is 2.53. The lowest BCUT2D eigenvalue weighted by molar-refractivity contribution is -0.205. The Morgan fingerprint density at radius 3 is 2.54 bits per heavy atom. The molecule has 148 valence electrons. The van der Waals surface area contributed by atoms with Crippen LogP contribution in [0.5, 0.6) is 17.2 Å². The summed E-state index contributed by atoms with van der Waals surface area (Å²) in [6.45, 7) is 6.11. The molecule has 2 aromatic carbocycles. The zero-order chi connectivity index (χ0) is 20.3. The molecule has 0 saturated heterocycles. The van der Waals surface area contributed by atoms with Crippen LogP contribution in [0.3, 0.4) is 0 Å². The molecule has 3 rings (SSSR count). The van der Waals surface area contributed by atoms with Crippen molar-refractivity contribution in [1.82, 2.24) is 0 Å². The number of fused-ring (bicyclic) bond motifs is 1. The third kappa shape index (κ3) is 3.61. The highest BCUT2D eigenvalue weighted by atomic mass is 16.7. The standard InChI is InChI=1S/C22H24O6/c1-14(2)12-13-27-17-6-5-7-18-19(17)20(23)22(24,26-4)21(28-18)15-8-10-16(25-3)11-9-15/h5-11,21,24H,1,12-13H2,2-4H3. The average Bonchev–Trinajstić information content (AvgIpc) is 2.70. The summed E-state index contributed by atoms with van der Waals surface area (Å²) in [5.74, 6) is -1.47. The van der Waals surface area contributed by atoms with Crippen molar-refractivity contribution in [3.8, 4) is 17.2 Å². The first kappa shape index (κ1) is 19.9. The Balaban J connectivity index is 1.99. The van der Waals surface area contributed by atoms with Crippen LogP contribution in [0.15, 0.2) is 54.6 Å². The molecular weight excluding hydrogens is 360 g/mol. The second-order valence-corrected chi connectivity index (χ2v) is 6.69. The van der Waals surface area contributed by atoms with Gasteiger partial charge < -0.3 is 24.1 Å². The summed E-state index contributed by atoms with van der Waals surface area (Å²) in [4.78, 5) is 13.2. The van der Waals surface area contributed by atoms with Crippen LogP contribution in [0.2, 0.25) is 0 Å². The number of benzene rings is 2. The number of methoxy groups -OCH3 is 2. The van der Waals surface area contributed by atoms with Crippen LogP contribution in [-0.4, -0.2) is 37.5 Å². The zero-order valence-electron chi connectivity index (χ0n) is 16.2. The van der Waals surface area contributed by atoms with Crippen molar-refractivity contribution < 1.29 is 28.8 Å². The minimum atomic E-state index is -2.19. The number of aliphatic hydroxyl groups is 1. The molecule has 2 aromatic rings. The predicted octanol–water partition coefficient (Wildman–Crippen LogP) is 3.69. The van der Waals surface area contributed by atoms with E-state index in [9.17, 15) is 9.90 Å². The van der Waals surface area contributed by atoms with Gasteiger partial charge in [0.05, 0.1) is 13.7 Å². The number of carbonyl (C=O) groups excluding carboxylic acids is 1. The first-order valence-electron chi connectivity index (χ1n) is 8.93. The van der Waals surface area contributed by atoms with Gasteiger partial charge in [0, 0.05) is 13.5 Å². The maximum Gasteiger partial charge on any atom is 0.274 e. The topological polar surface area (TPSA) is 74.2 Å². The van der Waals surface area contributed by atoms with Gasteiger partial charge in [0.1, 0.15) is 22.8 Å². The second kappa shape index (κ2) is 8.04. The van der Waals surface area contributed by atoms with Gasteiger partial charge in [-0.05, 0) is 36.8 Å². The van der Waals surface area contributed by atoms with E-state index in [1.54, 1.807) is 49.6 Å². The number of hydrogen-bond donors (Lipinski definition) is 1. The van der Waals surface area contributed by atoms with E-state index in [4.69, 9.17) is 18.9 Å². The van der Waals surface area contributed by atoms with Gasteiger partial charge in [-0.25, -0.2) is 0 Å². The van der Waals surface area contributed by atoms with Crippen molar-refractivity contribution in [3.63, 3.8) is 0 Å². The zero-order valence-corrected chi connectivity index (χ0v) is 16.2. The lowest BCUT2D eigenvalue weighted by Crippen LogP contribution is -2.51. The van der Waals surface area contributed by atoms with E-state index in [1.165, 1.54) is 7.11 Å². The van der Waals surface area contributed by atoms with Crippen molar-refractivity contribution in [1.29, 1.82) is 0 Å².